The van der Waals surface area contributed by atoms with Crippen molar-refractivity contribution in [3.8, 4) is 0 Å². The Morgan fingerprint density at radius 3 is 2.75 bits per heavy atom. The number of hydrogen-bond donors (Lipinski definition) is 2. The van der Waals surface area contributed by atoms with Crippen molar-refractivity contribution in [1.29, 1.82) is 0 Å². The second-order valence-corrected chi connectivity index (χ2v) is 3.87. The first-order chi connectivity index (χ1) is 7.83. The minimum atomic E-state index is -0.0187. The van der Waals surface area contributed by atoms with Crippen LogP contribution in [0.3, 0.4) is 0 Å². The summed E-state index contributed by atoms with van der Waals surface area (Å²) in [6.45, 7) is 3.93. The lowest BCUT2D eigenvalue weighted by molar-refractivity contribution is 0.676. The molecule has 0 saturated heterocycles. The van der Waals surface area contributed by atoms with Crippen LogP contribution in [0, 0.1) is 0 Å². The predicted octanol–water partition coefficient (Wildman–Crippen LogP) is 2.03. The van der Waals surface area contributed by atoms with Crippen LogP contribution in [0.15, 0.2) is 35.3 Å². The Labute approximate surface area is 94.5 Å². The lowest BCUT2D eigenvalue weighted by atomic mass is 10.1. The summed E-state index contributed by atoms with van der Waals surface area (Å²) in [5, 5.41) is 5.14. The summed E-state index contributed by atoms with van der Waals surface area (Å²) in [6, 6.07) is 7.71. The second-order valence-electron chi connectivity index (χ2n) is 3.87. The van der Waals surface area contributed by atoms with Crippen molar-refractivity contribution < 1.29 is 0 Å². The van der Waals surface area contributed by atoms with Gasteiger partial charge in [-0.1, -0.05) is 25.1 Å². The summed E-state index contributed by atoms with van der Waals surface area (Å²) in [6.07, 6.45) is 2.91. The highest BCUT2D eigenvalue weighted by Crippen LogP contribution is 2.13. The minimum absolute atomic E-state index is 0.0187. The number of nitrogens with one attached hydrogen (secondary N) is 2. The highest BCUT2D eigenvalue weighted by molar-refractivity contribution is 5.84. The average Bonchev–Trinajstić information content (AvgIpc) is 2.33. The molecule has 0 atom stereocenters. The van der Waals surface area contributed by atoms with E-state index >= 15 is 0 Å². The minimum Gasteiger partial charge on any atom is -0.328 e. The van der Waals surface area contributed by atoms with Gasteiger partial charge in [-0.15, -0.1) is 0 Å². The standard InChI is InChI=1S/C13H16N2O/c1-2-7-14-8-10-9-15-13(16)12-6-4-3-5-11(10)12/h3-6,9,14H,2,7-8H2,1H3,(H,15,16). The maximum Gasteiger partial charge on any atom is 0.255 e. The molecule has 3 nitrogen and oxygen atoms in total. The van der Waals surface area contributed by atoms with Crippen LogP contribution >= 0.6 is 0 Å². The fraction of sp³-hybridized carbons (Fsp3) is 0.308. The van der Waals surface area contributed by atoms with Crippen LogP contribution in [0.5, 0.6) is 0 Å². The van der Waals surface area contributed by atoms with Crippen molar-refractivity contribution in [2.24, 2.45) is 0 Å². The maximum atomic E-state index is 11.6. The summed E-state index contributed by atoms with van der Waals surface area (Å²) in [7, 11) is 0. The molecule has 0 radical (unpaired) electrons. The van der Waals surface area contributed by atoms with Gasteiger partial charge in [-0.3, -0.25) is 4.79 Å². The van der Waals surface area contributed by atoms with Crippen molar-refractivity contribution in [2.45, 2.75) is 19.9 Å². The van der Waals surface area contributed by atoms with Crippen LogP contribution in [0.1, 0.15) is 18.9 Å². The van der Waals surface area contributed by atoms with E-state index in [1.54, 1.807) is 6.20 Å². The molecule has 2 N–H and O–H groups in total. The summed E-state index contributed by atoms with van der Waals surface area (Å²) < 4.78 is 0. The normalized spacial score (nSPS) is 10.8. The Bertz CT molecular complexity index is 531. The van der Waals surface area contributed by atoms with Crippen molar-refractivity contribution in [1.82, 2.24) is 10.3 Å². The molecule has 0 saturated carbocycles. The first-order valence-corrected chi connectivity index (χ1v) is 5.63. The van der Waals surface area contributed by atoms with Crippen LogP contribution in [0.2, 0.25) is 0 Å². The number of pyridine rings is 1. The third-order valence-corrected chi connectivity index (χ3v) is 2.64. The molecule has 0 aliphatic heterocycles. The van der Waals surface area contributed by atoms with Gasteiger partial charge in [0, 0.05) is 18.1 Å². The number of aromatic nitrogens is 1. The smallest absolute Gasteiger partial charge is 0.255 e. The number of aromatic amines is 1. The van der Waals surface area contributed by atoms with Crippen molar-refractivity contribution in [2.75, 3.05) is 6.54 Å². The lowest BCUT2D eigenvalue weighted by Crippen LogP contribution is -2.16. The molecule has 1 aromatic heterocycles. The number of benzene rings is 1. The molecular formula is C13H16N2O. The summed E-state index contributed by atoms with van der Waals surface area (Å²) in [4.78, 5) is 14.4. The molecule has 0 amide bonds. The van der Waals surface area contributed by atoms with Gasteiger partial charge in [0.1, 0.15) is 0 Å². The van der Waals surface area contributed by atoms with Crippen molar-refractivity contribution >= 4 is 10.8 Å². The zero-order valence-electron chi connectivity index (χ0n) is 9.42. The molecule has 2 rings (SSSR count). The molecule has 1 aromatic carbocycles. The van der Waals surface area contributed by atoms with Crippen molar-refractivity contribution in [3.05, 3.63) is 46.4 Å². The van der Waals surface area contributed by atoms with Crippen molar-refractivity contribution in [3.63, 3.8) is 0 Å². The molecular weight excluding hydrogens is 200 g/mol. The fourth-order valence-electron chi connectivity index (χ4n) is 1.82. The zero-order chi connectivity index (χ0) is 11.4. The van der Waals surface area contributed by atoms with E-state index in [4.69, 9.17) is 0 Å². The van der Waals surface area contributed by atoms with Gasteiger partial charge < -0.3 is 10.3 Å². The van der Waals surface area contributed by atoms with Gasteiger partial charge in [-0.25, -0.2) is 0 Å². The highest BCUT2D eigenvalue weighted by atomic mass is 16.1. The van der Waals surface area contributed by atoms with E-state index in [0.717, 1.165) is 35.8 Å². The molecule has 0 unspecified atom stereocenters. The first-order valence-electron chi connectivity index (χ1n) is 5.63. The van der Waals surface area contributed by atoms with Crippen LogP contribution in [-0.2, 0) is 6.54 Å². The van der Waals surface area contributed by atoms with E-state index in [-0.39, 0.29) is 5.56 Å². The Hall–Kier alpha value is -1.61. The first kappa shape index (κ1) is 10.9. The third kappa shape index (κ3) is 2.14. The molecule has 16 heavy (non-hydrogen) atoms. The van der Waals surface area contributed by atoms with E-state index in [2.05, 4.69) is 17.2 Å². The van der Waals surface area contributed by atoms with Gasteiger partial charge in [0.05, 0.1) is 0 Å². The van der Waals surface area contributed by atoms with E-state index in [0.29, 0.717) is 0 Å². The molecule has 0 spiro atoms. The predicted molar refractivity (Wildman–Crippen MR) is 66.6 cm³/mol. The SMILES string of the molecule is CCCNCc1c[nH]c(=O)c2ccccc12. The molecule has 0 fully saturated rings. The number of rotatable bonds is 4. The Kier molecular flexibility index (Phi) is 3.37. The topological polar surface area (TPSA) is 44.9 Å². The van der Waals surface area contributed by atoms with Crippen LogP contribution in [0.25, 0.3) is 10.8 Å². The monoisotopic (exact) mass is 216 g/mol. The summed E-state index contributed by atoms with van der Waals surface area (Å²) in [5.41, 5.74) is 1.12. The molecule has 1 heterocycles. The number of hydrogen-bond acceptors (Lipinski definition) is 2. The molecule has 84 valence electrons. The molecule has 0 bridgehead atoms. The van der Waals surface area contributed by atoms with Crippen LogP contribution in [0.4, 0.5) is 0 Å². The summed E-state index contributed by atoms with van der Waals surface area (Å²) in [5.74, 6) is 0. The van der Waals surface area contributed by atoms with Crippen LogP contribution < -0.4 is 10.9 Å². The fourth-order valence-corrected chi connectivity index (χ4v) is 1.82. The van der Waals surface area contributed by atoms with E-state index in [9.17, 15) is 4.79 Å². The number of fused-ring (bicyclic) bond motifs is 1. The Morgan fingerprint density at radius 1 is 1.25 bits per heavy atom. The molecule has 2 aromatic rings. The quantitative estimate of drug-likeness (QED) is 0.768. The van der Waals surface area contributed by atoms with Gasteiger partial charge >= 0.3 is 0 Å². The van der Waals surface area contributed by atoms with E-state index in [1.807, 2.05) is 24.3 Å². The Balaban J connectivity index is 2.38. The lowest BCUT2D eigenvalue weighted by Gasteiger charge is -2.06. The van der Waals surface area contributed by atoms with Gasteiger partial charge in [0.25, 0.3) is 5.56 Å². The second kappa shape index (κ2) is 4.94. The third-order valence-electron chi connectivity index (χ3n) is 2.64. The van der Waals surface area contributed by atoms with Gasteiger partial charge in [-0.05, 0) is 30.0 Å². The molecule has 0 aliphatic rings. The van der Waals surface area contributed by atoms with Gasteiger partial charge in [-0.2, -0.15) is 0 Å². The van der Waals surface area contributed by atoms with Gasteiger partial charge in [0.2, 0.25) is 0 Å². The summed E-state index contributed by atoms with van der Waals surface area (Å²) >= 11 is 0. The molecule has 3 heteroatoms. The Morgan fingerprint density at radius 2 is 2.00 bits per heavy atom. The zero-order valence-corrected chi connectivity index (χ0v) is 9.42. The average molecular weight is 216 g/mol. The highest BCUT2D eigenvalue weighted by Gasteiger charge is 2.02. The van der Waals surface area contributed by atoms with E-state index in [1.165, 1.54) is 0 Å². The van der Waals surface area contributed by atoms with Gasteiger partial charge in [0.15, 0.2) is 0 Å². The van der Waals surface area contributed by atoms with Crippen LogP contribution in [-0.4, -0.2) is 11.5 Å². The molecule has 0 aliphatic carbocycles. The maximum absolute atomic E-state index is 11.6. The van der Waals surface area contributed by atoms with E-state index < -0.39 is 0 Å². The largest absolute Gasteiger partial charge is 0.328 e. The number of H-pyrrole nitrogens is 1.